The molecule has 28 heavy (non-hydrogen) atoms. The van der Waals surface area contributed by atoms with Crippen LogP contribution >= 0.6 is 0 Å². The van der Waals surface area contributed by atoms with E-state index in [1.54, 1.807) is 0 Å². The highest BCUT2D eigenvalue weighted by Gasteiger charge is 2.32. The zero-order valence-electron chi connectivity index (χ0n) is 16.1. The van der Waals surface area contributed by atoms with Crippen molar-refractivity contribution in [3.8, 4) is 0 Å². The van der Waals surface area contributed by atoms with Crippen LogP contribution in [0.25, 0.3) is 0 Å². The SMILES string of the molecule is Cc1ccc(COC(=O)c2[nH]c3c(c2C)C(=O)C[C@@H](c2ccccc2)C3)cc1. The average Bonchev–Trinajstić information content (AvgIpc) is 3.05. The lowest BCUT2D eigenvalue weighted by molar-refractivity contribution is 0.0465. The van der Waals surface area contributed by atoms with Crippen LogP contribution in [-0.4, -0.2) is 16.7 Å². The van der Waals surface area contributed by atoms with E-state index in [0.717, 1.165) is 28.8 Å². The van der Waals surface area contributed by atoms with Crippen LogP contribution in [0, 0.1) is 13.8 Å². The van der Waals surface area contributed by atoms with E-state index in [1.807, 2.05) is 56.3 Å². The molecule has 0 unspecified atom stereocenters. The Morgan fingerprint density at radius 1 is 1.04 bits per heavy atom. The molecular formula is C24H23NO3. The number of esters is 1. The molecule has 0 amide bonds. The molecule has 4 rings (SSSR count). The van der Waals surface area contributed by atoms with Crippen LogP contribution in [0.1, 0.15) is 61.1 Å². The number of aryl methyl sites for hydroxylation is 1. The highest BCUT2D eigenvalue weighted by molar-refractivity contribution is 6.03. The van der Waals surface area contributed by atoms with Crippen molar-refractivity contribution in [1.82, 2.24) is 4.98 Å². The Morgan fingerprint density at radius 3 is 2.46 bits per heavy atom. The maximum atomic E-state index is 12.8. The van der Waals surface area contributed by atoms with Crippen molar-refractivity contribution < 1.29 is 14.3 Å². The summed E-state index contributed by atoms with van der Waals surface area (Å²) >= 11 is 0. The summed E-state index contributed by atoms with van der Waals surface area (Å²) in [4.78, 5) is 28.6. The first-order valence-corrected chi connectivity index (χ1v) is 9.55. The number of aromatic amines is 1. The number of Topliss-reactive ketones (excluding diaryl/α,β-unsaturated/α-hetero) is 1. The molecule has 1 atom stereocenters. The van der Waals surface area contributed by atoms with Crippen molar-refractivity contribution in [2.75, 3.05) is 0 Å². The van der Waals surface area contributed by atoms with Crippen LogP contribution in [0.5, 0.6) is 0 Å². The first-order chi connectivity index (χ1) is 13.5. The van der Waals surface area contributed by atoms with Crippen molar-refractivity contribution >= 4 is 11.8 Å². The molecule has 1 N–H and O–H groups in total. The van der Waals surface area contributed by atoms with Gasteiger partial charge in [-0.25, -0.2) is 4.79 Å². The molecule has 0 aliphatic heterocycles. The largest absolute Gasteiger partial charge is 0.456 e. The highest BCUT2D eigenvalue weighted by atomic mass is 16.5. The molecule has 0 saturated carbocycles. The molecule has 142 valence electrons. The summed E-state index contributed by atoms with van der Waals surface area (Å²) in [5.41, 5.74) is 5.83. The Bertz CT molecular complexity index is 1020. The van der Waals surface area contributed by atoms with Crippen LogP contribution in [-0.2, 0) is 17.8 Å². The average molecular weight is 373 g/mol. The zero-order valence-corrected chi connectivity index (χ0v) is 16.1. The van der Waals surface area contributed by atoms with Gasteiger partial charge < -0.3 is 9.72 Å². The number of fused-ring (bicyclic) bond motifs is 1. The Labute approximate surface area is 164 Å². The van der Waals surface area contributed by atoms with E-state index in [1.165, 1.54) is 0 Å². The van der Waals surface area contributed by atoms with Crippen molar-refractivity contribution in [3.63, 3.8) is 0 Å². The molecule has 2 aromatic carbocycles. The lowest BCUT2D eigenvalue weighted by Crippen LogP contribution is -2.18. The molecular weight excluding hydrogens is 350 g/mol. The lowest BCUT2D eigenvalue weighted by atomic mass is 9.81. The summed E-state index contributed by atoms with van der Waals surface area (Å²) < 4.78 is 5.48. The fourth-order valence-electron chi connectivity index (χ4n) is 3.90. The molecule has 1 aromatic heterocycles. The molecule has 0 saturated heterocycles. The number of hydrogen-bond donors (Lipinski definition) is 1. The quantitative estimate of drug-likeness (QED) is 0.662. The fourth-order valence-corrected chi connectivity index (χ4v) is 3.90. The van der Waals surface area contributed by atoms with Crippen molar-refractivity contribution in [1.29, 1.82) is 0 Å². The predicted molar refractivity (Wildman–Crippen MR) is 108 cm³/mol. The van der Waals surface area contributed by atoms with Gasteiger partial charge in [-0.05, 0) is 42.9 Å². The van der Waals surface area contributed by atoms with Crippen molar-refractivity contribution in [2.24, 2.45) is 0 Å². The number of H-pyrrole nitrogens is 1. The Hall–Kier alpha value is -3.14. The molecule has 1 aliphatic carbocycles. The summed E-state index contributed by atoms with van der Waals surface area (Å²) in [5.74, 6) is -0.200. The van der Waals surface area contributed by atoms with E-state index >= 15 is 0 Å². The lowest BCUT2D eigenvalue weighted by Gasteiger charge is -2.22. The van der Waals surface area contributed by atoms with Gasteiger partial charge in [0.15, 0.2) is 5.78 Å². The fraction of sp³-hybridized carbons (Fsp3) is 0.250. The second-order valence-electron chi connectivity index (χ2n) is 7.48. The third kappa shape index (κ3) is 3.50. The Kier molecular flexibility index (Phi) is 4.86. The topological polar surface area (TPSA) is 59.2 Å². The van der Waals surface area contributed by atoms with E-state index in [0.29, 0.717) is 23.2 Å². The van der Waals surface area contributed by atoms with Crippen molar-refractivity contribution in [3.05, 3.63) is 93.8 Å². The van der Waals surface area contributed by atoms with Gasteiger partial charge in [0.25, 0.3) is 0 Å². The van der Waals surface area contributed by atoms with Gasteiger partial charge >= 0.3 is 5.97 Å². The molecule has 0 fully saturated rings. The molecule has 1 aliphatic rings. The smallest absolute Gasteiger partial charge is 0.355 e. The van der Waals surface area contributed by atoms with Crippen LogP contribution in [0.2, 0.25) is 0 Å². The second-order valence-corrected chi connectivity index (χ2v) is 7.48. The predicted octanol–water partition coefficient (Wildman–Crippen LogP) is 4.90. The molecule has 0 spiro atoms. The maximum Gasteiger partial charge on any atom is 0.355 e. The van der Waals surface area contributed by atoms with Crippen LogP contribution in [0.15, 0.2) is 54.6 Å². The van der Waals surface area contributed by atoms with Gasteiger partial charge in [-0.2, -0.15) is 0 Å². The monoisotopic (exact) mass is 373 g/mol. The number of benzene rings is 2. The minimum Gasteiger partial charge on any atom is -0.456 e. The standard InChI is InChI=1S/C24H23NO3/c1-15-8-10-17(11-9-15)14-28-24(27)23-16(2)22-20(25-23)12-19(13-21(22)26)18-6-4-3-5-7-18/h3-11,19,25H,12-14H2,1-2H3/t19-/m0/s1. The highest BCUT2D eigenvalue weighted by Crippen LogP contribution is 2.35. The molecule has 0 bridgehead atoms. The summed E-state index contributed by atoms with van der Waals surface area (Å²) in [5, 5.41) is 0. The minimum absolute atomic E-state index is 0.0847. The van der Waals surface area contributed by atoms with E-state index in [4.69, 9.17) is 4.74 Å². The first-order valence-electron chi connectivity index (χ1n) is 9.55. The van der Waals surface area contributed by atoms with E-state index in [-0.39, 0.29) is 18.3 Å². The molecule has 3 aromatic rings. The summed E-state index contributed by atoms with van der Waals surface area (Å²) in [7, 11) is 0. The summed E-state index contributed by atoms with van der Waals surface area (Å²) in [6, 6.07) is 17.9. The van der Waals surface area contributed by atoms with Gasteiger partial charge in [0, 0.05) is 17.7 Å². The Balaban J connectivity index is 1.53. The van der Waals surface area contributed by atoms with E-state index in [9.17, 15) is 9.59 Å². The van der Waals surface area contributed by atoms with Crippen LogP contribution in [0.3, 0.4) is 0 Å². The second kappa shape index (κ2) is 7.47. The van der Waals surface area contributed by atoms with E-state index in [2.05, 4.69) is 17.1 Å². The summed E-state index contributed by atoms with van der Waals surface area (Å²) in [6.45, 7) is 4.05. The normalized spacial score (nSPS) is 15.9. The molecule has 4 nitrogen and oxygen atoms in total. The number of carbonyl (C=O) groups is 2. The third-order valence-corrected chi connectivity index (χ3v) is 5.45. The number of nitrogens with one attached hydrogen (secondary N) is 1. The number of ketones is 1. The number of hydrogen-bond acceptors (Lipinski definition) is 3. The summed E-state index contributed by atoms with van der Waals surface area (Å²) in [6.07, 6.45) is 1.19. The third-order valence-electron chi connectivity index (χ3n) is 5.45. The van der Waals surface area contributed by atoms with Gasteiger partial charge in [-0.3, -0.25) is 4.79 Å². The van der Waals surface area contributed by atoms with Crippen molar-refractivity contribution in [2.45, 2.75) is 39.2 Å². The van der Waals surface area contributed by atoms with Gasteiger partial charge in [0.1, 0.15) is 12.3 Å². The zero-order chi connectivity index (χ0) is 19.7. The molecule has 4 heteroatoms. The van der Waals surface area contributed by atoms with E-state index < -0.39 is 5.97 Å². The maximum absolute atomic E-state index is 12.8. The number of ether oxygens (including phenoxy) is 1. The van der Waals surface area contributed by atoms with Gasteiger partial charge in [0.05, 0.1) is 0 Å². The Morgan fingerprint density at radius 2 is 1.75 bits per heavy atom. The van der Waals surface area contributed by atoms with Crippen LogP contribution < -0.4 is 0 Å². The number of carbonyl (C=O) groups excluding carboxylic acids is 2. The van der Waals surface area contributed by atoms with Gasteiger partial charge in [-0.1, -0.05) is 60.2 Å². The first kappa shape index (κ1) is 18.2. The minimum atomic E-state index is -0.420. The number of rotatable bonds is 4. The van der Waals surface area contributed by atoms with Gasteiger partial charge in [0.2, 0.25) is 0 Å². The number of aromatic nitrogens is 1. The molecule has 1 heterocycles. The molecule has 0 radical (unpaired) electrons. The van der Waals surface area contributed by atoms with Gasteiger partial charge in [-0.15, -0.1) is 0 Å². The van der Waals surface area contributed by atoms with Crippen LogP contribution in [0.4, 0.5) is 0 Å².